The van der Waals surface area contributed by atoms with Crippen LogP contribution in [0.15, 0.2) is 40.8 Å². The van der Waals surface area contributed by atoms with E-state index in [4.69, 9.17) is 4.74 Å². The van der Waals surface area contributed by atoms with E-state index in [2.05, 4.69) is 36.5 Å². The van der Waals surface area contributed by atoms with Gasteiger partial charge in [-0.25, -0.2) is 13.0 Å². The highest BCUT2D eigenvalue weighted by molar-refractivity contribution is 7.80. The summed E-state index contributed by atoms with van der Waals surface area (Å²) < 4.78 is 39.9. The average molecular weight is 398 g/mol. The van der Waals surface area contributed by atoms with Gasteiger partial charge in [0.25, 0.3) is 0 Å². The number of rotatable bonds is 4. The maximum absolute atomic E-state index is 9.22. The third kappa shape index (κ3) is 6.67. The van der Waals surface area contributed by atoms with Crippen LogP contribution in [0.1, 0.15) is 0 Å². The van der Waals surface area contributed by atoms with Crippen LogP contribution in [-0.4, -0.2) is 56.2 Å². The molecule has 12 heteroatoms. The van der Waals surface area contributed by atoms with Crippen molar-refractivity contribution in [3.63, 3.8) is 0 Å². The third-order valence-electron chi connectivity index (χ3n) is 3.69. The minimum absolute atomic E-state index is 0.701. The molecule has 27 heavy (non-hydrogen) atoms. The average Bonchev–Trinajstić information content (AvgIpc) is 2.99. The van der Waals surface area contributed by atoms with Crippen LogP contribution in [0, 0.1) is 0 Å². The fraction of sp³-hybridized carbons (Fsp3) is 0.467. The Balaban J connectivity index is 0.000000380. The van der Waals surface area contributed by atoms with Gasteiger partial charge in [-0.05, 0) is 29.4 Å². The molecular formula is C15H22N6O5S. The van der Waals surface area contributed by atoms with Crippen molar-refractivity contribution in [2.75, 3.05) is 38.3 Å². The van der Waals surface area contributed by atoms with Gasteiger partial charge >= 0.3 is 5.95 Å². The molecule has 3 rings (SSSR count). The van der Waals surface area contributed by atoms with E-state index in [1.54, 1.807) is 11.0 Å². The molecule has 0 radical (unpaired) electrons. The second-order valence-electron chi connectivity index (χ2n) is 5.56. The number of azo groups is 1. The molecule has 148 valence electrons. The van der Waals surface area contributed by atoms with E-state index in [9.17, 15) is 13.0 Å². The Kier molecular flexibility index (Phi) is 7.36. The summed E-state index contributed by atoms with van der Waals surface area (Å²) in [7, 11) is 0.131. The van der Waals surface area contributed by atoms with Gasteiger partial charge in [0.1, 0.15) is 0 Å². The molecule has 2 aromatic rings. The van der Waals surface area contributed by atoms with Crippen molar-refractivity contribution in [2.45, 2.75) is 0 Å². The molecule has 0 N–H and O–H groups in total. The lowest BCUT2D eigenvalue weighted by Crippen LogP contribution is -2.36. The Morgan fingerprint density at radius 3 is 2.30 bits per heavy atom. The first kappa shape index (κ1) is 20.9. The Bertz CT molecular complexity index is 840. The molecule has 1 aliphatic rings. The number of anilines is 1. The molecule has 1 aromatic carbocycles. The quantitative estimate of drug-likeness (QED) is 0.319. The van der Waals surface area contributed by atoms with E-state index in [1.165, 1.54) is 5.69 Å². The third-order valence-corrected chi connectivity index (χ3v) is 4.10. The molecule has 0 amide bonds. The topological polar surface area (TPSA) is 125 Å². The zero-order valence-corrected chi connectivity index (χ0v) is 16.2. The normalized spacial score (nSPS) is 14.9. The Labute approximate surface area is 157 Å². The molecule has 0 atom stereocenters. The van der Waals surface area contributed by atoms with Crippen LogP contribution in [0.3, 0.4) is 0 Å². The van der Waals surface area contributed by atoms with E-state index < -0.39 is 10.4 Å². The highest BCUT2D eigenvalue weighted by Gasteiger charge is 2.12. The summed E-state index contributed by atoms with van der Waals surface area (Å²) >= 11 is 0. The Morgan fingerprint density at radius 2 is 1.81 bits per heavy atom. The summed E-state index contributed by atoms with van der Waals surface area (Å²) in [5.41, 5.74) is 2.02. The maximum Gasteiger partial charge on any atom is 0.403 e. The maximum atomic E-state index is 9.22. The molecule has 0 aliphatic carbocycles. The zero-order chi connectivity index (χ0) is 19.9. The number of hydrogen-bond acceptors (Lipinski definition) is 9. The van der Waals surface area contributed by atoms with Gasteiger partial charge in [0, 0.05) is 23.9 Å². The summed E-state index contributed by atoms with van der Waals surface area (Å²) in [6, 6.07) is 8.10. The van der Waals surface area contributed by atoms with Crippen LogP contribution in [0.5, 0.6) is 0 Å². The van der Waals surface area contributed by atoms with Gasteiger partial charge in [0.15, 0.2) is 0 Å². The minimum Gasteiger partial charge on any atom is -0.726 e. The lowest BCUT2D eigenvalue weighted by Gasteiger charge is -2.28. The first-order chi connectivity index (χ1) is 12.8. The first-order valence-electron chi connectivity index (χ1n) is 8.03. The number of benzene rings is 1. The predicted molar refractivity (Wildman–Crippen MR) is 94.7 cm³/mol. The number of aromatic nitrogens is 3. The van der Waals surface area contributed by atoms with Crippen molar-refractivity contribution >= 4 is 27.7 Å². The second-order valence-corrected chi connectivity index (χ2v) is 6.71. The van der Waals surface area contributed by atoms with Gasteiger partial charge in [0.2, 0.25) is 16.7 Å². The highest BCUT2D eigenvalue weighted by atomic mass is 32.3. The van der Waals surface area contributed by atoms with Gasteiger partial charge in [-0.3, -0.25) is 4.18 Å². The molecular weight excluding hydrogens is 376 g/mol. The van der Waals surface area contributed by atoms with Crippen molar-refractivity contribution < 1.29 is 26.5 Å². The summed E-state index contributed by atoms with van der Waals surface area (Å²) in [4.78, 5) is 2.31. The molecule has 1 fully saturated rings. The lowest BCUT2D eigenvalue weighted by atomic mass is 10.2. The van der Waals surface area contributed by atoms with Crippen molar-refractivity contribution in [2.24, 2.45) is 24.3 Å². The monoisotopic (exact) mass is 398 g/mol. The number of aryl methyl sites for hydroxylation is 2. The van der Waals surface area contributed by atoms with Crippen molar-refractivity contribution in [1.29, 1.82) is 0 Å². The van der Waals surface area contributed by atoms with Crippen LogP contribution >= 0.6 is 0 Å². The largest absolute Gasteiger partial charge is 0.726 e. The van der Waals surface area contributed by atoms with Crippen molar-refractivity contribution in [3.05, 3.63) is 30.6 Å². The van der Waals surface area contributed by atoms with Crippen LogP contribution in [0.2, 0.25) is 0 Å². The van der Waals surface area contributed by atoms with Gasteiger partial charge in [-0.15, -0.1) is 4.68 Å². The predicted octanol–water partition coefficient (Wildman–Crippen LogP) is 0.590. The summed E-state index contributed by atoms with van der Waals surface area (Å²) in [6.07, 6.45) is 1.70. The molecule has 0 unspecified atom stereocenters. The summed E-state index contributed by atoms with van der Waals surface area (Å²) in [5, 5.41) is 12.6. The van der Waals surface area contributed by atoms with E-state index in [-0.39, 0.29) is 0 Å². The summed E-state index contributed by atoms with van der Waals surface area (Å²) in [6.45, 7) is 3.45. The molecule has 0 saturated carbocycles. The number of hydrogen-bond donors (Lipinski definition) is 0. The van der Waals surface area contributed by atoms with Gasteiger partial charge in [0.05, 0.1) is 40.1 Å². The second kappa shape index (κ2) is 9.50. The zero-order valence-electron chi connectivity index (χ0n) is 15.3. The standard InChI is InChI=1S/C14H19N6O.CH4O4S/c1-18-11-15-19(2)14(18)17-16-12-3-5-13(6-4-12)20-7-9-21-10-8-20;1-5-6(2,3)4/h3-6,11H,7-10H2,1-2H3;1H3,(H,2,3,4)/q+1;/p-1. The number of nitrogens with zero attached hydrogens (tertiary/aromatic N) is 6. The Hall–Kier alpha value is -2.41. The Morgan fingerprint density at radius 1 is 1.22 bits per heavy atom. The number of morpholine rings is 1. The number of ether oxygens (including phenoxy) is 1. The van der Waals surface area contributed by atoms with E-state index in [0.29, 0.717) is 5.95 Å². The van der Waals surface area contributed by atoms with Crippen molar-refractivity contribution in [1.82, 2.24) is 9.78 Å². The van der Waals surface area contributed by atoms with Crippen LogP contribution in [0.25, 0.3) is 0 Å². The van der Waals surface area contributed by atoms with Gasteiger partial charge < -0.3 is 14.2 Å². The molecule has 1 aromatic heterocycles. The van der Waals surface area contributed by atoms with E-state index >= 15 is 0 Å². The highest BCUT2D eigenvalue weighted by Crippen LogP contribution is 2.21. The molecule has 0 bridgehead atoms. The molecule has 1 saturated heterocycles. The smallest absolute Gasteiger partial charge is 0.403 e. The van der Waals surface area contributed by atoms with Crippen LogP contribution in [-0.2, 0) is 33.4 Å². The van der Waals surface area contributed by atoms with E-state index in [1.807, 2.05) is 30.8 Å². The molecule has 0 spiro atoms. The van der Waals surface area contributed by atoms with Crippen LogP contribution in [0.4, 0.5) is 17.3 Å². The van der Waals surface area contributed by atoms with Gasteiger partial charge in [-0.1, -0.05) is 5.11 Å². The molecule has 2 heterocycles. The minimum atomic E-state index is -4.41. The van der Waals surface area contributed by atoms with E-state index in [0.717, 1.165) is 39.1 Å². The van der Waals surface area contributed by atoms with Crippen LogP contribution < -0.4 is 9.47 Å². The fourth-order valence-electron chi connectivity index (χ4n) is 2.28. The first-order valence-corrected chi connectivity index (χ1v) is 9.37. The fourth-order valence-corrected chi connectivity index (χ4v) is 2.28. The molecule has 1 aliphatic heterocycles. The van der Waals surface area contributed by atoms with Gasteiger partial charge in [-0.2, -0.15) is 0 Å². The summed E-state index contributed by atoms with van der Waals surface area (Å²) in [5.74, 6) is 0.701. The lowest BCUT2D eigenvalue weighted by molar-refractivity contribution is -0.659. The SMILES string of the molecule is COS(=O)(=O)[O-].Cn1nc[n+](C)c1N=Nc1ccc(N2CCOCC2)cc1. The van der Waals surface area contributed by atoms with Crippen molar-refractivity contribution in [3.8, 4) is 0 Å². The molecule has 11 nitrogen and oxygen atoms in total.